The summed E-state index contributed by atoms with van der Waals surface area (Å²) >= 11 is 0. The van der Waals surface area contributed by atoms with Crippen LogP contribution < -0.4 is 16.4 Å². The zero-order valence-electron chi connectivity index (χ0n) is 20.7. The number of alkyl halides is 3. The van der Waals surface area contributed by atoms with Gasteiger partial charge in [0.1, 0.15) is 17.3 Å². The van der Waals surface area contributed by atoms with E-state index in [1.54, 1.807) is 0 Å². The fourth-order valence-corrected chi connectivity index (χ4v) is 3.87. The number of carbonyl (C=O) groups is 1. The second-order valence-corrected chi connectivity index (χ2v) is 8.00. The summed E-state index contributed by atoms with van der Waals surface area (Å²) in [6.45, 7) is 6.23. The Labute approximate surface area is 208 Å². The van der Waals surface area contributed by atoms with Crippen molar-refractivity contribution in [1.29, 1.82) is 0 Å². The minimum Gasteiger partial charge on any atom is -0.507 e. The van der Waals surface area contributed by atoms with E-state index in [4.69, 9.17) is 4.74 Å². The summed E-state index contributed by atoms with van der Waals surface area (Å²) in [7, 11) is 1.22. The molecule has 1 aromatic heterocycles. The summed E-state index contributed by atoms with van der Waals surface area (Å²) in [6.07, 6.45) is -1.86. The van der Waals surface area contributed by atoms with Crippen molar-refractivity contribution >= 4 is 11.9 Å². The van der Waals surface area contributed by atoms with Crippen molar-refractivity contribution < 1.29 is 32.5 Å². The maximum Gasteiger partial charge on any atom is 0.416 e. The summed E-state index contributed by atoms with van der Waals surface area (Å²) < 4.78 is 49.0. The predicted octanol–water partition coefficient (Wildman–Crippen LogP) is 4.23. The highest BCUT2D eigenvalue weighted by atomic mass is 19.4. The Morgan fingerprint density at radius 1 is 1.22 bits per heavy atom. The molecule has 200 valence electrons. The molecule has 2 aliphatic heterocycles. The second-order valence-electron chi connectivity index (χ2n) is 8.00. The highest BCUT2D eigenvalue weighted by Gasteiger charge is 2.33. The Balaban J connectivity index is 0.000000583. The Hall–Kier alpha value is -3.12. The van der Waals surface area contributed by atoms with Gasteiger partial charge in [-0.3, -0.25) is 0 Å². The van der Waals surface area contributed by atoms with E-state index in [2.05, 4.69) is 31.3 Å². The number of benzene rings is 1. The van der Waals surface area contributed by atoms with Crippen LogP contribution in [0.1, 0.15) is 49.8 Å². The van der Waals surface area contributed by atoms with Crippen LogP contribution in [0.15, 0.2) is 18.2 Å². The smallest absolute Gasteiger partial charge is 0.416 e. The first-order chi connectivity index (χ1) is 17.2. The van der Waals surface area contributed by atoms with E-state index in [0.29, 0.717) is 31.0 Å². The van der Waals surface area contributed by atoms with Crippen molar-refractivity contribution in [3.63, 3.8) is 0 Å². The number of aromatic nitrogens is 2. The molecule has 2 aliphatic rings. The SMILES string of the molecule is CC.COC(N)=O.Oc1cc(C(F)(F)F)cc2c1-c1nnc(NC3CCCNC3)cc1CCCOC2. The molecule has 1 saturated heterocycles. The zero-order chi connectivity index (χ0) is 26.7. The number of phenolic OH excluding ortho intramolecular Hbond substituents is 1. The maximum absolute atomic E-state index is 13.2. The van der Waals surface area contributed by atoms with E-state index < -0.39 is 23.6 Å². The van der Waals surface area contributed by atoms with Crippen LogP contribution in [-0.4, -0.2) is 54.2 Å². The number of piperidine rings is 1. The first-order valence-corrected chi connectivity index (χ1v) is 11.9. The minimum absolute atomic E-state index is 0.0261. The monoisotopic (exact) mass is 513 g/mol. The van der Waals surface area contributed by atoms with Crippen LogP contribution >= 0.6 is 0 Å². The third-order valence-corrected chi connectivity index (χ3v) is 5.48. The molecule has 0 bridgehead atoms. The number of ether oxygens (including phenoxy) is 2. The molecule has 36 heavy (non-hydrogen) atoms. The summed E-state index contributed by atoms with van der Waals surface area (Å²) in [4.78, 5) is 9.37. The van der Waals surface area contributed by atoms with Crippen LogP contribution in [0.2, 0.25) is 0 Å². The van der Waals surface area contributed by atoms with Crippen molar-refractivity contribution in [2.24, 2.45) is 5.73 Å². The Kier molecular flexibility index (Phi) is 11.2. The fourth-order valence-electron chi connectivity index (χ4n) is 3.87. The summed E-state index contributed by atoms with van der Waals surface area (Å²) in [6, 6.07) is 3.89. The summed E-state index contributed by atoms with van der Waals surface area (Å²) in [5.74, 6) is 0.165. The Bertz CT molecular complexity index is 998. The van der Waals surface area contributed by atoms with Crippen molar-refractivity contribution in [2.45, 2.75) is 58.4 Å². The van der Waals surface area contributed by atoms with Crippen LogP contribution in [0.3, 0.4) is 0 Å². The van der Waals surface area contributed by atoms with Crippen LogP contribution in [0.5, 0.6) is 5.75 Å². The number of hydrogen-bond donors (Lipinski definition) is 4. The summed E-state index contributed by atoms with van der Waals surface area (Å²) in [5.41, 5.74) is 5.27. The zero-order valence-corrected chi connectivity index (χ0v) is 20.7. The summed E-state index contributed by atoms with van der Waals surface area (Å²) in [5, 5.41) is 25.7. The lowest BCUT2D eigenvalue weighted by Gasteiger charge is -2.24. The van der Waals surface area contributed by atoms with E-state index in [0.717, 1.165) is 43.6 Å². The van der Waals surface area contributed by atoms with Gasteiger partial charge in [-0.05, 0) is 61.6 Å². The van der Waals surface area contributed by atoms with E-state index in [-0.39, 0.29) is 23.8 Å². The highest BCUT2D eigenvalue weighted by Crippen LogP contribution is 2.40. The first kappa shape index (κ1) is 29.1. The molecule has 1 fully saturated rings. The number of anilines is 1. The van der Waals surface area contributed by atoms with Gasteiger partial charge in [-0.15, -0.1) is 10.2 Å². The number of nitrogens with zero attached hydrogens (tertiary/aromatic N) is 2. The van der Waals surface area contributed by atoms with Gasteiger partial charge < -0.3 is 30.9 Å². The van der Waals surface area contributed by atoms with Crippen molar-refractivity contribution in [2.75, 3.05) is 32.1 Å². The number of phenols is 1. The minimum atomic E-state index is -4.55. The third-order valence-electron chi connectivity index (χ3n) is 5.48. The number of fused-ring (bicyclic) bond motifs is 3. The molecule has 0 saturated carbocycles. The fraction of sp³-hybridized carbons (Fsp3) is 0.542. The molecular formula is C24H34F3N5O4. The van der Waals surface area contributed by atoms with Gasteiger partial charge in [0.05, 0.1) is 19.3 Å². The lowest BCUT2D eigenvalue weighted by molar-refractivity contribution is -0.137. The molecule has 12 heteroatoms. The van der Waals surface area contributed by atoms with E-state index in [9.17, 15) is 23.1 Å². The predicted molar refractivity (Wildman–Crippen MR) is 130 cm³/mol. The number of hydrogen-bond acceptors (Lipinski definition) is 8. The standard InChI is InChI=1S/C20H23F3N4O2.C2H5NO2.C2H6/c21-20(22,23)14-7-13-11-29-6-2-3-12-8-17(25-15-4-1-5-24-10-15)26-27-19(12)18(13)16(28)9-14;1-5-2(3)4;1-2/h7-9,15,24,28H,1-6,10-11H2,(H,25,26);1H3,(H2,3,4);1-2H3. The number of rotatable bonds is 2. The van der Waals surface area contributed by atoms with E-state index in [1.165, 1.54) is 7.11 Å². The molecule has 1 atom stereocenters. The molecule has 0 spiro atoms. The van der Waals surface area contributed by atoms with Gasteiger partial charge in [0.25, 0.3) is 0 Å². The Morgan fingerprint density at radius 2 is 1.94 bits per heavy atom. The maximum atomic E-state index is 13.2. The average Bonchev–Trinajstić information content (AvgIpc) is 2.94. The molecular weight excluding hydrogens is 479 g/mol. The van der Waals surface area contributed by atoms with Crippen LogP contribution in [0.4, 0.5) is 23.8 Å². The molecule has 1 unspecified atom stereocenters. The first-order valence-electron chi connectivity index (χ1n) is 11.9. The number of methoxy groups -OCH3 is 1. The van der Waals surface area contributed by atoms with E-state index >= 15 is 0 Å². The topological polar surface area (TPSA) is 132 Å². The van der Waals surface area contributed by atoms with Crippen molar-refractivity contribution in [1.82, 2.24) is 15.5 Å². The van der Waals surface area contributed by atoms with Gasteiger partial charge in [-0.25, -0.2) is 4.79 Å². The second kappa shape index (κ2) is 13.8. The third kappa shape index (κ3) is 8.23. The number of carbonyl (C=O) groups excluding carboxylic acids is 1. The Morgan fingerprint density at radius 3 is 2.56 bits per heavy atom. The van der Waals surface area contributed by atoms with Crippen LogP contribution in [0, 0.1) is 0 Å². The van der Waals surface area contributed by atoms with Crippen molar-refractivity contribution in [3.8, 4) is 17.0 Å². The number of halogens is 3. The molecule has 4 rings (SSSR count). The van der Waals surface area contributed by atoms with Gasteiger partial charge in [-0.1, -0.05) is 13.8 Å². The number of primary amides is 1. The van der Waals surface area contributed by atoms with Gasteiger partial charge in [0.2, 0.25) is 0 Å². The van der Waals surface area contributed by atoms with Gasteiger partial charge >= 0.3 is 12.3 Å². The number of aromatic hydroxyl groups is 1. The number of aryl methyl sites for hydroxylation is 1. The van der Waals surface area contributed by atoms with Gasteiger partial charge in [0, 0.05) is 24.8 Å². The molecule has 5 N–H and O–H groups in total. The normalized spacial score (nSPS) is 17.2. The number of nitrogens with one attached hydrogen (secondary N) is 2. The van der Waals surface area contributed by atoms with Crippen LogP contribution in [0.25, 0.3) is 11.3 Å². The quantitative estimate of drug-likeness (QED) is 0.469. The molecule has 0 radical (unpaired) electrons. The number of amides is 1. The lowest BCUT2D eigenvalue weighted by Crippen LogP contribution is -2.38. The van der Waals surface area contributed by atoms with Crippen molar-refractivity contribution in [3.05, 3.63) is 34.9 Å². The highest BCUT2D eigenvalue weighted by molar-refractivity contribution is 5.74. The van der Waals surface area contributed by atoms with E-state index in [1.807, 2.05) is 19.9 Å². The molecule has 2 aromatic rings. The molecule has 9 nitrogen and oxygen atoms in total. The molecule has 3 heterocycles. The van der Waals surface area contributed by atoms with Gasteiger partial charge in [0.15, 0.2) is 0 Å². The molecule has 0 aliphatic carbocycles. The largest absolute Gasteiger partial charge is 0.507 e. The average molecular weight is 514 g/mol. The van der Waals surface area contributed by atoms with Crippen LogP contribution in [-0.2, 0) is 28.7 Å². The molecule has 1 aromatic carbocycles. The molecule has 1 amide bonds. The number of nitrogens with two attached hydrogens (primary N) is 1. The lowest BCUT2D eigenvalue weighted by atomic mass is 9.96. The van der Waals surface area contributed by atoms with Gasteiger partial charge in [-0.2, -0.15) is 13.2 Å².